The summed E-state index contributed by atoms with van der Waals surface area (Å²) >= 11 is 12.1. The number of benzene rings is 2. The van der Waals surface area contributed by atoms with Gasteiger partial charge in [-0.3, -0.25) is 0 Å². The lowest BCUT2D eigenvalue weighted by atomic mass is 10.2. The fourth-order valence-corrected chi connectivity index (χ4v) is 2.77. The lowest BCUT2D eigenvalue weighted by molar-refractivity contribution is 0.204. The van der Waals surface area contributed by atoms with Crippen LogP contribution in [0, 0.1) is 6.92 Å². The molecule has 4 nitrogen and oxygen atoms in total. The molecule has 0 atom stereocenters. The highest BCUT2D eigenvalue weighted by atomic mass is 35.5. The zero-order valence-electron chi connectivity index (χ0n) is 13.2. The van der Waals surface area contributed by atoms with Gasteiger partial charge in [-0.15, -0.1) is 0 Å². The van der Waals surface area contributed by atoms with Crippen LogP contribution < -0.4 is 18.9 Å². The molecule has 2 aromatic carbocycles. The summed E-state index contributed by atoms with van der Waals surface area (Å²) in [6.07, 6.45) is 0. The molecule has 0 N–H and O–H groups in total. The highest BCUT2D eigenvalue weighted by Crippen LogP contribution is 2.37. The smallest absolute Gasteiger partial charge is 0.203 e. The lowest BCUT2D eigenvalue weighted by Gasteiger charge is -2.15. The van der Waals surface area contributed by atoms with Gasteiger partial charge >= 0.3 is 0 Å². The van der Waals surface area contributed by atoms with E-state index in [9.17, 15) is 0 Å². The molecule has 0 spiro atoms. The van der Waals surface area contributed by atoms with Crippen molar-refractivity contribution in [3.8, 4) is 23.0 Å². The van der Waals surface area contributed by atoms with Crippen molar-refractivity contribution >= 4 is 23.2 Å². The molecule has 2 aromatic rings. The Kier molecular flexibility index (Phi) is 6.25. The average Bonchev–Trinajstić information content (AvgIpc) is 2.53. The van der Waals surface area contributed by atoms with Crippen molar-refractivity contribution in [2.45, 2.75) is 6.92 Å². The van der Waals surface area contributed by atoms with Crippen LogP contribution in [0.2, 0.25) is 10.0 Å². The molecular formula is C17H18Cl2O4. The number of para-hydroxylation sites is 1. The summed E-state index contributed by atoms with van der Waals surface area (Å²) in [5.74, 6) is 2.35. The van der Waals surface area contributed by atoms with Gasteiger partial charge in [-0.25, -0.2) is 0 Å². The molecule has 0 aliphatic carbocycles. The van der Waals surface area contributed by atoms with E-state index in [1.807, 2.05) is 13.0 Å². The van der Waals surface area contributed by atoms with Crippen molar-refractivity contribution < 1.29 is 18.9 Å². The Bertz CT molecular complexity index is 628. The van der Waals surface area contributed by atoms with Crippen LogP contribution in [0.15, 0.2) is 30.3 Å². The second kappa shape index (κ2) is 8.18. The third kappa shape index (κ3) is 4.36. The number of hydrogen-bond acceptors (Lipinski definition) is 4. The Morgan fingerprint density at radius 3 is 1.96 bits per heavy atom. The van der Waals surface area contributed by atoms with E-state index >= 15 is 0 Å². The van der Waals surface area contributed by atoms with E-state index in [4.69, 9.17) is 42.1 Å². The fourth-order valence-electron chi connectivity index (χ4n) is 2.12. The molecule has 0 aliphatic heterocycles. The van der Waals surface area contributed by atoms with Crippen LogP contribution in [0.3, 0.4) is 0 Å². The van der Waals surface area contributed by atoms with Gasteiger partial charge in [0.15, 0.2) is 11.5 Å². The van der Waals surface area contributed by atoms with Gasteiger partial charge in [0, 0.05) is 5.02 Å². The maximum absolute atomic E-state index is 6.14. The molecule has 0 aliphatic rings. The van der Waals surface area contributed by atoms with E-state index in [1.165, 1.54) is 0 Å². The molecule has 0 bridgehead atoms. The minimum Gasteiger partial charge on any atom is -0.493 e. The maximum atomic E-state index is 6.14. The van der Waals surface area contributed by atoms with Crippen LogP contribution >= 0.6 is 23.2 Å². The highest BCUT2D eigenvalue weighted by Gasteiger charge is 2.12. The molecular weight excluding hydrogens is 339 g/mol. The average molecular weight is 357 g/mol. The minimum atomic E-state index is 0.315. The molecule has 0 saturated heterocycles. The highest BCUT2D eigenvalue weighted by molar-refractivity contribution is 6.35. The van der Waals surface area contributed by atoms with E-state index in [0.29, 0.717) is 46.3 Å². The second-order valence-corrected chi connectivity index (χ2v) is 5.57. The Balaban J connectivity index is 1.99. The molecule has 0 heterocycles. The predicted molar refractivity (Wildman–Crippen MR) is 91.7 cm³/mol. The topological polar surface area (TPSA) is 36.9 Å². The van der Waals surface area contributed by atoms with E-state index in [2.05, 4.69) is 0 Å². The third-order valence-corrected chi connectivity index (χ3v) is 3.65. The molecule has 2 rings (SSSR count). The second-order valence-electron chi connectivity index (χ2n) is 4.72. The predicted octanol–water partition coefficient (Wildman–Crippen LogP) is 4.78. The van der Waals surface area contributed by atoms with Gasteiger partial charge in [0.25, 0.3) is 0 Å². The molecule has 0 unspecified atom stereocenters. The van der Waals surface area contributed by atoms with Crippen molar-refractivity contribution in [2.24, 2.45) is 0 Å². The van der Waals surface area contributed by atoms with E-state index < -0.39 is 0 Å². The van der Waals surface area contributed by atoms with Gasteiger partial charge in [-0.05, 0) is 36.8 Å². The minimum absolute atomic E-state index is 0.315. The molecule has 6 heteroatoms. The van der Waals surface area contributed by atoms with Gasteiger partial charge in [0.05, 0.1) is 19.2 Å². The molecule has 0 aromatic heterocycles. The summed E-state index contributed by atoms with van der Waals surface area (Å²) in [5.41, 5.74) is 0.873. The molecule has 124 valence electrons. The molecule has 0 saturated carbocycles. The molecule has 23 heavy (non-hydrogen) atoms. The van der Waals surface area contributed by atoms with Gasteiger partial charge in [-0.1, -0.05) is 29.3 Å². The van der Waals surface area contributed by atoms with Crippen LogP contribution in [0.4, 0.5) is 0 Å². The number of halogens is 2. The largest absolute Gasteiger partial charge is 0.493 e. The van der Waals surface area contributed by atoms with Gasteiger partial charge in [-0.2, -0.15) is 0 Å². The van der Waals surface area contributed by atoms with Gasteiger partial charge < -0.3 is 18.9 Å². The third-order valence-electron chi connectivity index (χ3n) is 3.15. The summed E-state index contributed by atoms with van der Waals surface area (Å²) < 4.78 is 22.0. The molecule has 0 radical (unpaired) electrons. The normalized spacial score (nSPS) is 10.3. The van der Waals surface area contributed by atoms with Crippen molar-refractivity contribution in [1.29, 1.82) is 0 Å². The van der Waals surface area contributed by atoms with Gasteiger partial charge in [0.1, 0.15) is 19.0 Å². The van der Waals surface area contributed by atoms with Crippen LogP contribution in [0.5, 0.6) is 23.0 Å². The maximum Gasteiger partial charge on any atom is 0.203 e. The van der Waals surface area contributed by atoms with E-state index in [0.717, 1.165) is 5.56 Å². The number of ether oxygens (including phenoxy) is 4. The van der Waals surface area contributed by atoms with Crippen LogP contribution in [-0.2, 0) is 0 Å². The first-order valence-corrected chi connectivity index (χ1v) is 7.74. The van der Waals surface area contributed by atoms with Crippen molar-refractivity contribution in [3.05, 3.63) is 45.9 Å². The number of aryl methyl sites for hydroxylation is 1. The summed E-state index contributed by atoms with van der Waals surface area (Å²) in [5, 5.41) is 1.06. The quantitative estimate of drug-likeness (QED) is 0.669. The van der Waals surface area contributed by atoms with E-state index in [1.54, 1.807) is 38.5 Å². The summed E-state index contributed by atoms with van der Waals surface area (Å²) in [4.78, 5) is 0. The number of methoxy groups -OCH3 is 2. The van der Waals surface area contributed by atoms with Crippen LogP contribution in [0.25, 0.3) is 0 Å². The van der Waals surface area contributed by atoms with E-state index in [-0.39, 0.29) is 0 Å². The summed E-state index contributed by atoms with van der Waals surface area (Å²) in [6, 6.07) is 8.89. The number of rotatable bonds is 7. The zero-order chi connectivity index (χ0) is 16.8. The lowest BCUT2D eigenvalue weighted by Crippen LogP contribution is -2.11. The Labute approximate surface area is 145 Å². The first-order valence-electron chi connectivity index (χ1n) is 6.99. The summed E-state index contributed by atoms with van der Waals surface area (Å²) in [6.45, 7) is 2.52. The zero-order valence-corrected chi connectivity index (χ0v) is 14.7. The first-order chi connectivity index (χ1) is 11.1. The van der Waals surface area contributed by atoms with Crippen LogP contribution in [-0.4, -0.2) is 27.4 Å². The first kappa shape index (κ1) is 17.6. The molecule has 0 fully saturated rings. The number of hydrogen-bond donors (Lipinski definition) is 0. The molecule has 0 amide bonds. The standard InChI is InChI=1S/C17H18Cl2O4/c1-11-9-12(18)10-13(19)16(11)22-7-8-23-17-14(20-2)5-4-6-15(17)21-3/h4-6,9-10H,7-8H2,1-3H3. The van der Waals surface area contributed by atoms with Crippen molar-refractivity contribution in [1.82, 2.24) is 0 Å². The van der Waals surface area contributed by atoms with Crippen LogP contribution in [0.1, 0.15) is 5.56 Å². The van der Waals surface area contributed by atoms with Gasteiger partial charge in [0.2, 0.25) is 5.75 Å². The van der Waals surface area contributed by atoms with Crippen molar-refractivity contribution in [2.75, 3.05) is 27.4 Å². The van der Waals surface area contributed by atoms with Crippen molar-refractivity contribution in [3.63, 3.8) is 0 Å². The SMILES string of the molecule is COc1cccc(OC)c1OCCOc1c(C)cc(Cl)cc1Cl. The monoisotopic (exact) mass is 356 g/mol. The Morgan fingerprint density at radius 2 is 1.43 bits per heavy atom. The Hall–Kier alpha value is -1.78. The Morgan fingerprint density at radius 1 is 0.870 bits per heavy atom. The fraction of sp³-hybridized carbons (Fsp3) is 0.294. The summed E-state index contributed by atoms with van der Waals surface area (Å²) in [7, 11) is 3.16.